The van der Waals surface area contributed by atoms with E-state index in [2.05, 4.69) is 9.80 Å². The minimum atomic E-state index is -3.25. The zero-order valence-electron chi connectivity index (χ0n) is 16.8. The summed E-state index contributed by atoms with van der Waals surface area (Å²) in [5, 5.41) is 0. The molecular weight excluding hydrogens is 394 g/mol. The molecule has 0 bridgehead atoms. The smallest absolute Gasteiger partial charge is 0.175 e. The Bertz CT molecular complexity index is 1010. The van der Waals surface area contributed by atoms with E-state index in [1.54, 1.807) is 24.3 Å². The van der Waals surface area contributed by atoms with Crippen LogP contribution in [0.2, 0.25) is 0 Å². The van der Waals surface area contributed by atoms with Crippen molar-refractivity contribution in [2.45, 2.75) is 35.5 Å². The summed E-state index contributed by atoms with van der Waals surface area (Å²) in [5.41, 5.74) is 2.00. The summed E-state index contributed by atoms with van der Waals surface area (Å²) in [6.45, 7) is 1.38. The van der Waals surface area contributed by atoms with E-state index in [4.69, 9.17) is 0 Å². The van der Waals surface area contributed by atoms with Crippen LogP contribution in [0.15, 0.2) is 47.4 Å². The highest BCUT2D eigenvalue weighted by Crippen LogP contribution is 2.48. The van der Waals surface area contributed by atoms with Crippen LogP contribution < -0.4 is 0 Å². The first-order valence-corrected chi connectivity index (χ1v) is 11.7. The van der Waals surface area contributed by atoms with E-state index in [0.717, 1.165) is 5.56 Å². The van der Waals surface area contributed by atoms with Crippen LogP contribution in [0.4, 0.5) is 8.78 Å². The van der Waals surface area contributed by atoms with E-state index in [1.807, 2.05) is 26.2 Å². The lowest BCUT2D eigenvalue weighted by Gasteiger charge is -2.26. The molecule has 4 nitrogen and oxygen atoms in total. The molecule has 0 aromatic heterocycles. The highest BCUT2D eigenvalue weighted by Gasteiger charge is 2.43. The van der Waals surface area contributed by atoms with Crippen molar-refractivity contribution < 1.29 is 17.2 Å². The monoisotopic (exact) mass is 420 g/mol. The molecule has 0 radical (unpaired) electrons. The van der Waals surface area contributed by atoms with E-state index in [0.29, 0.717) is 29.1 Å². The first-order chi connectivity index (χ1) is 13.7. The number of rotatable bonds is 4. The van der Waals surface area contributed by atoms with Gasteiger partial charge in [0.1, 0.15) is 12.0 Å². The Kier molecular flexibility index (Phi) is 5.25. The molecule has 0 amide bonds. The van der Waals surface area contributed by atoms with Gasteiger partial charge in [-0.1, -0.05) is 24.3 Å². The van der Waals surface area contributed by atoms with Crippen LogP contribution in [-0.4, -0.2) is 57.7 Å². The van der Waals surface area contributed by atoms with Gasteiger partial charge in [-0.15, -0.1) is 0 Å². The van der Waals surface area contributed by atoms with Crippen molar-refractivity contribution in [3.63, 3.8) is 0 Å². The fraction of sp³-hybridized carbons (Fsp3) is 0.455. The molecule has 4 atom stereocenters. The van der Waals surface area contributed by atoms with Gasteiger partial charge in [-0.05, 0) is 43.4 Å². The molecule has 2 aromatic carbocycles. The van der Waals surface area contributed by atoms with Crippen LogP contribution in [0.25, 0.3) is 0 Å². The molecule has 2 aliphatic rings. The van der Waals surface area contributed by atoms with Gasteiger partial charge in [-0.3, -0.25) is 4.90 Å². The zero-order chi connectivity index (χ0) is 20.9. The molecule has 0 spiro atoms. The van der Waals surface area contributed by atoms with Crippen molar-refractivity contribution in [1.29, 1.82) is 0 Å². The van der Waals surface area contributed by atoms with Crippen molar-refractivity contribution in [2.75, 3.05) is 33.4 Å². The third kappa shape index (κ3) is 3.71. The second kappa shape index (κ2) is 7.45. The summed E-state index contributed by atoms with van der Waals surface area (Å²) in [6, 6.07) is 11.6. The average Bonchev–Trinajstić information content (AvgIpc) is 3.24. The SMILES string of the molecule is CN(C)C1CN([C@@H]2C[C@H](F)c3cccc(F)c32)CC1c1ccc(S(C)(=O)=O)cc1. The molecule has 4 rings (SSSR count). The van der Waals surface area contributed by atoms with Gasteiger partial charge in [-0.25, -0.2) is 17.2 Å². The fourth-order valence-electron chi connectivity index (χ4n) is 4.83. The normalized spacial score (nSPS) is 27.5. The summed E-state index contributed by atoms with van der Waals surface area (Å²) < 4.78 is 52.6. The molecule has 2 unspecified atom stereocenters. The predicted molar refractivity (Wildman–Crippen MR) is 109 cm³/mol. The summed E-state index contributed by atoms with van der Waals surface area (Å²) >= 11 is 0. The number of halogens is 2. The van der Waals surface area contributed by atoms with Crippen LogP contribution in [0.5, 0.6) is 0 Å². The Morgan fingerprint density at radius 1 is 1.07 bits per heavy atom. The van der Waals surface area contributed by atoms with Gasteiger partial charge in [0.15, 0.2) is 9.84 Å². The van der Waals surface area contributed by atoms with Crippen molar-refractivity contribution in [3.05, 3.63) is 65.0 Å². The third-order valence-corrected chi connectivity index (χ3v) is 7.47. The summed E-state index contributed by atoms with van der Waals surface area (Å²) in [5.74, 6) is -0.206. The highest BCUT2D eigenvalue weighted by atomic mass is 32.2. The third-order valence-electron chi connectivity index (χ3n) is 6.35. The molecule has 0 saturated carbocycles. The van der Waals surface area contributed by atoms with Gasteiger partial charge in [0, 0.05) is 49.3 Å². The summed E-state index contributed by atoms with van der Waals surface area (Å²) in [6.07, 6.45) is 0.328. The van der Waals surface area contributed by atoms with Crippen molar-refractivity contribution in [1.82, 2.24) is 9.80 Å². The number of nitrogens with zero attached hydrogens (tertiary/aromatic N) is 2. The Morgan fingerprint density at radius 2 is 1.76 bits per heavy atom. The number of fused-ring (bicyclic) bond motifs is 1. The Labute approximate surface area is 171 Å². The number of likely N-dealkylation sites (N-methyl/N-ethyl adjacent to an activating group) is 1. The highest BCUT2D eigenvalue weighted by molar-refractivity contribution is 7.90. The number of hydrogen-bond acceptors (Lipinski definition) is 4. The number of hydrogen-bond donors (Lipinski definition) is 0. The first-order valence-electron chi connectivity index (χ1n) is 9.79. The van der Waals surface area contributed by atoms with E-state index in [-0.39, 0.29) is 30.2 Å². The molecule has 7 heteroatoms. The van der Waals surface area contributed by atoms with Crippen molar-refractivity contribution in [3.8, 4) is 0 Å². The molecule has 1 fully saturated rings. The van der Waals surface area contributed by atoms with Crippen LogP contribution in [-0.2, 0) is 9.84 Å². The maximum Gasteiger partial charge on any atom is 0.175 e. The number of benzene rings is 2. The molecule has 29 heavy (non-hydrogen) atoms. The Hall–Kier alpha value is -1.83. The summed E-state index contributed by atoms with van der Waals surface area (Å²) in [4.78, 5) is 4.62. The minimum Gasteiger partial charge on any atom is -0.305 e. The van der Waals surface area contributed by atoms with Crippen molar-refractivity contribution >= 4 is 9.84 Å². The molecule has 1 saturated heterocycles. The van der Waals surface area contributed by atoms with Gasteiger partial charge in [0.2, 0.25) is 0 Å². The number of sulfone groups is 1. The number of likely N-dealkylation sites (tertiary alicyclic amines) is 1. The Balaban J connectivity index is 1.64. The van der Waals surface area contributed by atoms with Crippen molar-refractivity contribution in [2.24, 2.45) is 0 Å². The molecule has 1 aliphatic carbocycles. The van der Waals surface area contributed by atoms with E-state index in [9.17, 15) is 17.2 Å². The lowest BCUT2D eigenvalue weighted by Crippen LogP contribution is -2.35. The molecule has 2 aromatic rings. The fourth-order valence-corrected chi connectivity index (χ4v) is 5.47. The largest absolute Gasteiger partial charge is 0.305 e. The van der Waals surface area contributed by atoms with E-state index < -0.39 is 16.0 Å². The second-order valence-electron chi connectivity index (χ2n) is 8.39. The number of alkyl halides is 1. The van der Waals surface area contributed by atoms with Gasteiger partial charge < -0.3 is 4.90 Å². The predicted octanol–water partition coefficient (Wildman–Crippen LogP) is 3.71. The topological polar surface area (TPSA) is 40.6 Å². The molecule has 1 heterocycles. The first kappa shape index (κ1) is 20.4. The summed E-state index contributed by atoms with van der Waals surface area (Å²) in [7, 11) is 0.769. The Morgan fingerprint density at radius 3 is 2.38 bits per heavy atom. The van der Waals surface area contributed by atoms with E-state index >= 15 is 0 Å². The lowest BCUT2D eigenvalue weighted by molar-refractivity contribution is 0.188. The van der Waals surface area contributed by atoms with Gasteiger partial charge in [0.25, 0.3) is 0 Å². The molecular formula is C22H26F2N2O2S. The minimum absolute atomic E-state index is 0.132. The van der Waals surface area contributed by atoms with E-state index in [1.165, 1.54) is 12.3 Å². The van der Waals surface area contributed by atoms with Gasteiger partial charge in [-0.2, -0.15) is 0 Å². The van der Waals surface area contributed by atoms with Crippen LogP contribution in [0.3, 0.4) is 0 Å². The lowest BCUT2D eigenvalue weighted by atomic mass is 9.94. The standard InChI is InChI=1S/C22H26F2N2O2S/c1-25(2)21-13-26(20-11-19(24)16-5-4-6-18(23)22(16)20)12-17(21)14-7-9-15(10-8-14)29(3,27)28/h4-10,17,19-21H,11-13H2,1-3H3/t17?,19-,20+,21?/m0/s1. The molecule has 0 N–H and O–H groups in total. The molecule has 1 aliphatic heterocycles. The van der Waals surface area contributed by atoms with Gasteiger partial charge in [0.05, 0.1) is 4.90 Å². The van der Waals surface area contributed by atoms with Crippen LogP contribution in [0, 0.1) is 5.82 Å². The maximum absolute atomic E-state index is 14.6. The zero-order valence-corrected chi connectivity index (χ0v) is 17.7. The quantitative estimate of drug-likeness (QED) is 0.756. The maximum atomic E-state index is 14.6. The van der Waals surface area contributed by atoms with Gasteiger partial charge >= 0.3 is 0 Å². The molecule has 156 valence electrons. The average molecular weight is 421 g/mol. The van der Waals surface area contributed by atoms with Crippen LogP contribution in [0.1, 0.15) is 41.2 Å². The second-order valence-corrected chi connectivity index (χ2v) is 10.4. The van der Waals surface area contributed by atoms with Crippen LogP contribution >= 0.6 is 0 Å².